The van der Waals surface area contributed by atoms with Crippen LogP contribution in [0, 0.1) is 0 Å². The minimum atomic E-state index is -0.192. The molecule has 0 saturated carbocycles. The van der Waals surface area contributed by atoms with Crippen LogP contribution in [-0.2, 0) is 4.79 Å². The van der Waals surface area contributed by atoms with Gasteiger partial charge in [-0.05, 0) is 32.2 Å². The number of carbonyl (C=O) groups is 1. The Morgan fingerprint density at radius 3 is 2.62 bits per heavy atom. The van der Waals surface area contributed by atoms with E-state index in [4.69, 9.17) is 0 Å². The van der Waals surface area contributed by atoms with Gasteiger partial charge in [0, 0.05) is 25.5 Å². The lowest BCUT2D eigenvalue weighted by Crippen LogP contribution is -2.35. The number of likely N-dealkylation sites (N-methyl/N-ethyl adjacent to an activating group) is 1. The Bertz CT molecular complexity index is 363. The molecule has 0 aliphatic carbocycles. The molecule has 1 atom stereocenters. The van der Waals surface area contributed by atoms with Gasteiger partial charge in [0.05, 0.1) is 6.04 Å². The molecular weight excluding hydrogens is 202 g/mol. The van der Waals surface area contributed by atoms with E-state index in [2.05, 4.69) is 10.6 Å². The van der Waals surface area contributed by atoms with Gasteiger partial charge in [0.2, 0.25) is 5.91 Å². The quantitative estimate of drug-likeness (QED) is 0.805. The third-order valence-electron chi connectivity index (χ3n) is 2.46. The van der Waals surface area contributed by atoms with Crippen molar-refractivity contribution in [2.75, 3.05) is 31.4 Å². The normalized spacial score (nSPS) is 12.0. The Labute approximate surface area is 96.6 Å². The molecule has 0 aliphatic rings. The van der Waals surface area contributed by atoms with Gasteiger partial charge in [0.15, 0.2) is 0 Å². The molecule has 0 radical (unpaired) electrons. The fourth-order valence-electron chi connectivity index (χ4n) is 1.24. The first-order valence-electron chi connectivity index (χ1n) is 5.30. The zero-order valence-corrected chi connectivity index (χ0v) is 10.2. The number of nitrogens with one attached hydrogen (secondary N) is 2. The van der Waals surface area contributed by atoms with E-state index in [0.29, 0.717) is 0 Å². The second-order valence-electron chi connectivity index (χ2n) is 3.94. The number of anilines is 2. The number of amides is 1. The van der Waals surface area contributed by atoms with E-state index < -0.39 is 0 Å². The van der Waals surface area contributed by atoms with Crippen molar-refractivity contribution in [2.45, 2.75) is 13.0 Å². The Balaban J connectivity index is 2.74. The zero-order chi connectivity index (χ0) is 12.1. The highest BCUT2D eigenvalue weighted by Crippen LogP contribution is 2.17. The van der Waals surface area contributed by atoms with Crippen LogP contribution in [0.15, 0.2) is 24.3 Å². The predicted octanol–water partition coefficient (Wildman–Crippen LogP) is 1.30. The topological polar surface area (TPSA) is 44.4 Å². The summed E-state index contributed by atoms with van der Waals surface area (Å²) in [6, 6.07) is 7.56. The van der Waals surface area contributed by atoms with Crippen molar-refractivity contribution in [1.82, 2.24) is 5.32 Å². The second-order valence-corrected chi connectivity index (χ2v) is 3.94. The number of hydrogen-bond donors (Lipinski definition) is 2. The van der Waals surface area contributed by atoms with Crippen LogP contribution in [0.1, 0.15) is 6.92 Å². The molecule has 88 valence electrons. The maximum absolute atomic E-state index is 11.6. The average molecular weight is 221 g/mol. The predicted molar refractivity (Wildman–Crippen MR) is 67.9 cm³/mol. The number of nitrogens with zero attached hydrogens (tertiary/aromatic N) is 1. The van der Waals surface area contributed by atoms with Crippen LogP contribution in [0.4, 0.5) is 11.4 Å². The molecule has 1 aromatic rings. The molecule has 1 amide bonds. The second kappa shape index (κ2) is 5.51. The molecule has 16 heavy (non-hydrogen) atoms. The number of hydrogen-bond acceptors (Lipinski definition) is 3. The third kappa shape index (κ3) is 3.24. The summed E-state index contributed by atoms with van der Waals surface area (Å²) in [5, 5.41) is 5.76. The van der Waals surface area contributed by atoms with E-state index in [9.17, 15) is 4.79 Å². The number of carbonyl (C=O) groups excluding carboxylic acids is 1. The van der Waals surface area contributed by atoms with Crippen molar-refractivity contribution in [2.24, 2.45) is 0 Å². The summed E-state index contributed by atoms with van der Waals surface area (Å²) in [7, 11) is 5.70. The van der Waals surface area contributed by atoms with Crippen LogP contribution < -0.4 is 15.5 Å². The van der Waals surface area contributed by atoms with Crippen molar-refractivity contribution >= 4 is 17.3 Å². The lowest BCUT2D eigenvalue weighted by Gasteiger charge is -2.15. The average Bonchev–Trinajstić information content (AvgIpc) is 2.28. The molecule has 0 heterocycles. The molecule has 0 saturated heterocycles. The van der Waals surface area contributed by atoms with E-state index in [0.717, 1.165) is 11.4 Å². The van der Waals surface area contributed by atoms with Gasteiger partial charge >= 0.3 is 0 Å². The fraction of sp³-hybridized carbons (Fsp3) is 0.417. The first kappa shape index (κ1) is 12.5. The standard InChI is InChI=1S/C12H19N3O/c1-9(13-2)12(16)14-10-6-5-7-11(8-10)15(3)4/h5-9,13H,1-4H3,(H,14,16). The van der Waals surface area contributed by atoms with Gasteiger partial charge < -0.3 is 15.5 Å². The molecule has 0 aliphatic heterocycles. The van der Waals surface area contributed by atoms with Crippen LogP contribution in [0.2, 0.25) is 0 Å². The summed E-state index contributed by atoms with van der Waals surface area (Å²) in [5.74, 6) is -0.0293. The lowest BCUT2D eigenvalue weighted by molar-refractivity contribution is -0.117. The maximum atomic E-state index is 11.6. The summed E-state index contributed by atoms with van der Waals surface area (Å²) in [6.07, 6.45) is 0. The highest BCUT2D eigenvalue weighted by atomic mass is 16.2. The molecule has 0 aromatic heterocycles. The Morgan fingerprint density at radius 1 is 1.38 bits per heavy atom. The summed E-state index contributed by atoms with van der Waals surface area (Å²) >= 11 is 0. The van der Waals surface area contributed by atoms with Gasteiger partial charge in [-0.15, -0.1) is 0 Å². The van der Waals surface area contributed by atoms with Crippen LogP contribution in [0.5, 0.6) is 0 Å². The summed E-state index contributed by atoms with van der Waals surface area (Å²) in [5.41, 5.74) is 1.88. The number of benzene rings is 1. The van der Waals surface area contributed by atoms with E-state index in [1.807, 2.05) is 50.2 Å². The molecule has 1 unspecified atom stereocenters. The highest BCUT2D eigenvalue weighted by molar-refractivity contribution is 5.94. The Kier molecular flexibility index (Phi) is 4.31. The zero-order valence-electron chi connectivity index (χ0n) is 10.2. The molecular formula is C12H19N3O. The Morgan fingerprint density at radius 2 is 2.06 bits per heavy atom. The van der Waals surface area contributed by atoms with Crippen molar-refractivity contribution in [3.63, 3.8) is 0 Å². The highest BCUT2D eigenvalue weighted by Gasteiger charge is 2.10. The van der Waals surface area contributed by atoms with Gasteiger partial charge in [-0.1, -0.05) is 6.07 Å². The van der Waals surface area contributed by atoms with Gasteiger partial charge in [-0.2, -0.15) is 0 Å². The molecule has 0 fully saturated rings. The summed E-state index contributed by atoms with van der Waals surface area (Å²) in [6.45, 7) is 1.82. The minimum absolute atomic E-state index is 0.0293. The van der Waals surface area contributed by atoms with Crippen molar-refractivity contribution in [3.8, 4) is 0 Å². The molecule has 2 N–H and O–H groups in total. The van der Waals surface area contributed by atoms with Crippen LogP contribution >= 0.6 is 0 Å². The molecule has 1 rings (SSSR count). The first-order valence-corrected chi connectivity index (χ1v) is 5.30. The van der Waals surface area contributed by atoms with Gasteiger partial charge in [0.25, 0.3) is 0 Å². The summed E-state index contributed by atoms with van der Waals surface area (Å²) < 4.78 is 0. The maximum Gasteiger partial charge on any atom is 0.241 e. The third-order valence-corrected chi connectivity index (χ3v) is 2.46. The van der Waals surface area contributed by atoms with E-state index in [-0.39, 0.29) is 11.9 Å². The summed E-state index contributed by atoms with van der Waals surface area (Å²) in [4.78, 5) is 13.6. The largest absolute Gasteiger partial charge is 0.378 e. The molecule has 0 spiro atoms. The van der Waals surface area contributed by atoms with Crippen molar-refractivity contribution in [3.05, 3.63) is 24.3 Å². The van der Waals surface area contributed by atoms with E-state index in [1.165, 1.54) is 0 Å². The van der Waals surface area contributed by atoms with Crippen molar-refractivity contribution in [1.29, 1.82) is 0 Å². The van der Waals surface area contributed by atoms with E-state index >= 15 is 0 Å². The van der Waals surface area contributed by atoms with Crippen molar-refractivity contribution < 1.29 is 4.79 Å². The molecule has 1 aromatic carbocycles. The van der Waals surface area contributed by atoms with Crippen LogP contribution in [0.3, 0.4) is 0 Å². The first-order chi connectivity index (χ1) is 7.54. The lowest BCUT2D eigenvalue weighted by atomic mass is 10.2. The minimum Gasteiger partial charge on any atom is -0.378 e. The van der Waals surface area contributed by atoms with Crippen LogP contribution in [-0.4, -0.2) is 33.1 Å². The van der Waals surface area contributed by atoms with E-state index in [1.54, 1.807) is 7.05 Å². The van der Waals surface area contributed by atoms with Gasteiger partial charge in [0.1, 0.15) is 0 Å². The molecule has 4 nitrogen and oxygen atoms in total. The van der Waals surface area contributed by atoms with Gasteiger partial charge in [-0.3, -0.25) is 4.79 Å². The SMILES string of the molecule is CNC(C)C(=O)Nc1cccc(N(C)C)c1. The smallest absolute Gasteiger partial charge is 0.241 e. The molecule has 0 bridgehead atoms. The Hall–Kier alpha value is -1.55. The van der Waals surface area contributed by atoms with Gasteiger partial charge in [-0.25, -0.2) is 0 Å². The molecule has 4 heteroatoms. The fourth-order valence-corrected chi connectivity index (χ4v) is 1.24. The monoisotopic (exact) mass is 221 g/mol. The number of rotatable bonds is 4. The van der Waals surface area contributed by atoms with Crippen LogP contribution in [0.25, 0.3) is 0 Å².